The van der Waals surface area contributed by atoms with Gasteiger partial charge in [0.25, 0.3) is 0 Å². The van der Waals surface area contributed by atoms with Crippen LogP contribution >= 0.6 is 11.6 Å². The SMILES string of the molecule is Nc1cc(F)c(NCCc2ccc(Cl)cc2)cc1C(=O)O. The van der Waals surface area contributed by atoms with Gasteiger partial charge < -0.3 is 16.2 Å². The van der Waals surface area contributed by atoms with E-state index in [1.165, 1.54) is 6.07 Å². The maximum absolute atomic E-state index is 13.7. The van der Waals surface area contributed by atoms with Crippen molar-refractivity contribution in [3.05, 3.63) is 58.4 Å². The first-order valence-corrected chi connectivity index (χ1v) is 6.66. The number of aromatic carboxylic acids is 1. The molecule has 2 rings (SSSR count). The van der Waals surface area contributed by atoms with Gasteiger partial charge in [0.05, 0.1) is 11.3 Å². The molecule has 2 aromatic carbocycles. The van der Waals surface area contributed by atoms with Crippen LogP contribution in [0.5, 0.6) is 0 Å². The van der Waals surface area contributed by atoms with Crippen molar-refractivity contribution in [1.82, 2.24) is 0 Å². The number of rotatable bonds is 5. The normalized spacial score (nSPS) is 10.4. The van der Waals surface area contributed by atoms with Gasteiger partial charge in [-0.05, 0) is 36.2 Å². The smallest absolute Gasteiger partial charge is 0.337 e. The van der Waals surface area contributed by atoms with E-state index >= 15 is 0 Å². The van der Waals surface area contributed by atoms with Crippen LogP contribution in [0.3, 0.4) is 0 Å². The molecule has 4 nitrogen and oxygen atoms in total. The Morgan fingerprint density at radius 2 is 1.95 bits per heavy atom. The summed E-state index contributed by atoms with van der Waals surface area (Å²) in [7, 11) is 0. The third-order valence-corrected chi connectivity index (χ3v) is 3.26. The number of halogens is 2. The summed E-state index contributed by atoms with van der Waals surface area (Å²) in [5, 5.41) is 12.5. The summed E-state index contributed by atoms with van der Waals surface area (Å²) in [5.74, 6) is -1.76. The van der Waals surface area contributed by atoms with Gasteiger partial charge in [0.2, 0.25) is 0 Å². The van der Waals surface area contributed by atoms with Crippen LogP contribution in [0.25, 0.3) is 0 Å². The van der Waals surface area contributed by atoms with Gasteiger partial charge in [-0.3, -0.25) is 0 Å². The van der Waals surface area contributed by atoms with E-state index in [1.54, 1.807) is 12.1 Å². The Morgan fingerprint density at radius 1 is 1.29 bits per heavy atom. The Balaban J connectivity index is 2.04. The van der Waals surface area contributed by atoms with Crippen LogP contribution < -0.4 is 11.1 Å². The molecule has 0 amide bonds. The van der Waals surface area contributed by atoms with Crippen molar-refractivity contribution >= 4 is 28.9 Å². The number of carboxylic acid groups (broad SMARTS) is 1. The van der Waals surface area contributed by atoms with Crippen LogP contribution in [0.1, 0.15) is 15.9 Å². The lowest BCUT2D eigenvalue weighted by atomic mass is 10.1. The van der Waals surface area contributed by atoms with Crippen LogP contribution in [-0.4, -0.2) is 17.6 Å². The van der Waals surface area contributed by atoms with Crippen molar-refractivity contribution in [3.8, 4) is 0 Å². The van der Waals surface area contributed by atoms with Crippen LogP contribution in [0.15, 0.2) is 36.4 Å². The molecule has 0 saturated carbocycles. The van der Waals surface area contributed by atoms with Crippen molar-refractivity contribution in [2.24, 2.45) is 0 Å². The summed E-state index contributed by atoms with van der Waals surface area (Å²) in [4.78, 5) is 11.0. The molecule has 0 aliphatic rings. The van der Waals surface area contributed by atoms with Crippen molar-refractivity contribution in [2.45, 2.75) is 6.42 Å². The average Bonchev–Trinajstić information content (AvgIpc) is 2.43. The fourth-order valence-corrected chi connectivity index (χ4v) is 2.03. The molecular weight excluding hydrogens is 295 g/mol. The molecule has 0 spiro atoms. The van der Waals surface area contributed by atoms with E-state index in [4.69, 9.17) is 22.4 Å². The van der Waals surface area contributed by atoms with Crippen LogP contribution in [0.2, 0.25) is 5.02 Å². The van der Waals surface area contributed by atoms with E-state index in [0.29, 0.717) is 18.0 Å². The first-order chi connectivity index (χ1) is 9.97. The van der Waals surface area contributed by atoms with E-state index in [-0.39, 0.29) is 16.9 Å². The largest absolute Gasteiger partial charge is 0.478 e. The fourth-order valence-electron chi connectivity index (χ4n) is 1.90. The number of nitrogens with two attached hydrogens (primary N) is 1. The topological polar surface area (TPSA) is 75.3 Å². The third-order valence-electron chi connectivity index (χ3n) is 3.01. The van der Waals surface area contributed by atoms with Gasteiger partial charge >= 0.3 is 5.97 Å². The Morgan fingerprint density at radius 3 is 2.57 bits per heavy atom. The molecule has 0 saturated heterocycles. The van der Waals surface area contributed by atoms with Crippen LogP contribution in [-0.2, 0) is 6.42 Å². The second kappa shape index (κ2) is 6.45. The lowest BCUT2D eigenvalue weighted by Gasteiger charge is -2.10. The quantitative estimate of drug-likeness (QED) is 0.740. The second-order valence-corrected chi connectivity index (χ2v) is 4.96. The second-order valence-electron chi connectivity index (χ2n) is 4.53. The predicted molar refractivity (Wildman–Crippen MR) is 81.4 cm³/mol. The molecule has 6 heteroatoms. The highest BCUT2D eigenvalue weighted by Gasteiger charge is 2.12. The molecule has 2 aromatic rings. The van der Waals surface area contributed by atoms with Crippen molar-refractivity contribution < 1.29 is 14.3 Å². The van der Waals surface area contributed by atoms with E-state index in [9.17, 15) is 9.18 Å². The highest BCUT2D eigenvalue weighted by molar-refractivity contribution is 6.30. The Kier molecular flexibility index (Phi) is 4.65. The Bertz CT molecular complexity index is 659. The molecule has 0 unspecified atom stereocenters. The minimum atomic E-state index is -1.19. The molecule has 0 atom stereocenters. The first-order valence-electron chi connectivity index (χ1n) is 6.28. The first kappa shape index (κ1) is 15.1. The molecule has 0 fully saturated rings. The number of carboxylic acids is 1. The molecule has 0 bridgehead atoms. The zero-order valence-electron chi connectivity index (χ0n) is 11.1. The lowest BCUT2D eigenvalue weighted by Crippen LogP contribution is -2.09. The maximum Gasteiger partial charge on any atom is 0.337 e. The van der Waals surface area contributed by atoms with Crippen molar-refractivity contribution in [3.63, 3.8) is 0 Å². The molecule has 0 aliphatic carbocycles. The highest BCUT2D eigenvalue weighted by Crippen LogP contribution is 2.22. The van der Waals surface area contributed by atoms with Crippen molar-refractivity contribution in [2.75, 3.05) is 17.6 Å². The number of nitrogen functional groups attached to an aromatic ring is 1. The minimum absolute atomic E-state index is 0.0942. The maximum atomic E-state index is 13.7. The zero-order chi connectivity index (χ0) is 15.4. The van der Waals surface area contributed by atoms with E-state index in [0.717, 1.165) is 11.6 Å². The minimum Gasteiger partial charge on any atom is -0.478 e. The molecule has 4 N–H and O–H groups in total. The average molecular weight is 309 g/mol. The molecule has 0 aliphatic heterocycles. The van der Waals surface area contributed by atoms with Gasteiger partial charge in [0, 0.05) is 17.3 Å². The summed E-state index contributed by atoms with van der Waals surface area (Å²) in [5.41, 5.74) is 6.41. The Hall–Kier alpha value is -2.27. The molecule has 0 radical (unpaired) electrons. The monoisotopic (exact) mass is 308 g/mol. The highest BCUT2D eigenvalue weighted by atomic mass is 35.5. The number of nitrogens with one attached hydrogen (secondary N) is 1. The summed E-state index contributed by atoms with van der Waals surface area (Å²) >= 11 is 5.79. The van der Waals surface area contributed by atoms with Gasteiger partial charge in [-0.15, -0.1) is 0 Å². The predicted octanol–water partition coefficient (Wildman–Crippen LogP) is 3.41. The van der Waals surface area contributed by atoms with E-state index < -0.39 is 11.8 Å². The zero-order valence-corrected chi connectivity index (χ0v) is 11.8. The molecular formula is C15H14ClFN2O2. The van der Waals surface area contributed by atoms with E-state index in [1.807, 2.05) is 12.1 Å². The van der Waals surface area contributed by atoms with Gasteiger partial charge in [-0.1, -0.05) is 23.7 Å². The lowest BCUT2D eigenvalue weighted by molar-refractivity contribution is 0.0698. The fraction of sp³-hybridized carbons (Fsp3) is 0.133. The summed E-state index contributed by atoms with van der Waals surface area (Å²) < 4.78 is 13.7. The molecule has 21 heavy (non-hydrogen) atoms. The van der Waals surface area contributed by atoms with Gasteiger partial charge in [0.1, 0.15) is 5.82 Å². The number of hydrogen-bond donors (Lipinski definition) is 3. The summed E-state index contributed by atoms with van der Waals surface area (Å²) in [6, 6.07) is 9.54. The Labute approximate surface area is 126 Å². The standard InChI is InChI=1S/C15H14ClFN2O2/c16-10-3-1-9(2-4-10)5-6-19-14-7-11(15(20)21)13(18)8-12(14)17/h1-4,7-8,19H,5-6,18H2,(H,20,21). The molecule has 110 valence electrons. The third kappa shape index (κ3) is 3.86. The van der Waals surface area contributed by atoms with Crippen LogP contribution in [0.4, 0.5) is 15.8 Å². The van der Waals surface area contributed by atoms with Crippen LogP contribution in [0, 0.1) is 5.82 Å². The molecule has 0 heterocycles. The number of benzene rings is 2. The van der Waals surface area contributed by atoms with Crippen molar-refractivity contribution in [1.29, 1.82) is 0 Å². The van der Waals surface area contributed by atoms with Gasteiger partial charge in [0.15, 0.2) is 0 Å². The molecule has 0 aromatic heterocycles. The summed E-state index contributed by atoms with van der Waals surface area (Å²) in [6.07, 6.45) is 0.656. The summed E-state index contributed by atoms with van der Waals surface area (Å²) in [6.45, 7) is 0.460. The number of hydrogen-bond acceptors (Lipinski definition) is 3. The number of anilines is 2. The van der Waals surface area contributed by atoms with Gasteiger partial charge in [-0.25, -0.2) is 9.18 Å². The van der Waals surface area contributed by atoms with E-state index in [2.05, 4.69) is 5.32 Å². The number of carbonyl (C=O) groups is 1. The van der Waals surface area contributed by atoms with Gasteiger partial charge in [-0.2, -0.15) is 0 Å².